The summed E-state index contributed by atoms with van der Waals surface area (Å²) in [5, 5.41) is 0.793. The number of imidazole rings is 1. The Hall–Kier alpha value is -2.12. The molecule has 90 valence electrons. The van der Waals surface area contributed by atoms with Crippen molar-refractivity contribution in [3.63, 3.8) is 0 Å². The van der Waals surface area contributed by atoms with Gasteiger partial charge < -0.3 is 9.83 Å². The minimum absolute atomic E-state index is 0.594. The first-order valence-electron chi connectivity index (χ1n) is 5.25. The number of fused-ring (bicyclic) bond motifs is 1. The second-order valence-corrected chi connectivity index (χ2v) is 4.58. The number of hydrogen-bond donors (Lipinski definition) is 2. The molecule has 0 unspecified atom stereocenters. The molecule has 3 aromatic rings. The highest BCUT2D eigenvalue weighted by atomic mass is 32.2. The molecule has 0 saturated carbocycles. The SMILES string of the molecule is NNc1cn2ccnc2c(Sc2ccncc2)n1. The van der Waals surface area contributed by atoms with E-state index >= 15 is 0 Å². The molecule has 0 aliphatic heterocycles. The second kappa shape index (κ2) is 4.63. The molecule has 3 aromatic heterocycles. The molecule has 0 fully saturated rings. The lowest BCUT2D eigenvalue weighted by atomic mass is 10.5. The van der Waals surface area contributed by atoms with Gasteiger partial charge in [0.25, 0.3) is 0 Å². The Morgan fingerprint density at radius 3 is 2.83 bits per heavy atom. The third kappa shape index (κ3) is 2.01. The quantitative estimate of drug-likeness (QED) is 0.548. The van der Waals surface area contributed by atoms with Crippen molar-refractivity contribution in [2.45, 2.75) is 9.92 Å². The molecule has 0 amide bonds. The van der Waals surface area contributed by atoms with E-state index in [1.807, 2.05) is 22.7 Å². The van der Waals surface area contributed by atoms with E-state index in [-0.39, 0.29) is 0 Å². The Kier molecular flexibility index (Phi) is 2.83. The number of hydrogen-bond acceptors (Lipinski definition) is 6. The van der Waals surface area contributed by atoms with Crippen molar-refractivity contribution in [2.75, 3.05) is 5.43 Å². The van der Waals surface area contributed by atoms with Gasteiger partial charge in [-0.1, -0.05) is 11.8 Å². The first-order valence-corrected chi connectivity index (χ1v) is 6.06. The van der Waals surface area contributed by atoms with E-state index in [1.54, 1.807) is 24.8 Å². The van der Waals surface area contributed by atoms with Gasteiger partial charge in [0.2, 0.25) is 0 Å². The molecule has 18 heavy (non-hydrogen) atoms. The number of anilines is 1. The summed E-state index contributed by atoms with van der Waals surface area (Å²) in [6.07, 6.45) is 8.87. The van der Waals surface area contributed by atoms with E-state index in [9.17, 15) is 0 Å². The zero-order valence-corrected chi connectivity index (χ0v) is 10.1. The van der Waals surface area contributed by atoms with Crippen molar-refractivity contribution < 1.29 is 0 Å². The first kappa shape index (κ1) is 11.0. The Labute approximate surface area is 107 Å². The Balaban J connectivity index is 2.07. The third-order valence-electron chi connectivity index (χ3n) is 2.36. The molecule has 7 heteroatoms. The molecule has 0 spiro atoms. The monoisotopic (exact) mass is 258 g/mol. The van der Waals surface area contributed by atoms with Crippen LogP contribution in [0.3, 0.4) is 0 Å². The fourth-order valence-electron chi connectivity index (χ4n) is 1.56. The van der Waals surface area contributed by atoms with Crippen LogP contribution in [0.2, 0.25) is 0 Å². The van der Waals surface area contributed by atoms with Gasteiger partial charge in [-0.3, -0.25) is 4.98 Å². The second-order valence-electron chi connectivity index (χ2n) is 3.52. The normalized spacial score (nSPS) is 10.7. The van der Waals surface area contributed by atoms with Gasteiger partial charge in [0.05, 0.1) is 6.20 Å². The first-order chi connectivity index (χ1) is 8.86. The highest BCUT2D eigenvalue weighted by molar-refractivity contribution is 7.99. The molecule has 0 bridgehead atoms. The van der Waals surface area contributed by atoms with Gasteiger partial charge in [-0.05, 0) is 12.1 Å². The largest absolute Gasteiger partial charge is 0.307 e. The van der Waals surface area contributed by atoms with Crippen LogP contribution < -0.4 is 11.3 Å². The van der Waals surface area contributed by atoms with Gasteiger partial charge in [0.15, 0.2) is 11.5 Å². The van der Waals surface area contributed by atoms with Crippen molar-refractivity contribution in [1.29, 1.82) is 0 Å². The zero-order valence-electron chi connectivity index (χ0n) is 9.32. The summed E-state index contributed by atoms with van der Waals surface area (Å²) in [5.41, 5.74) is 3.35. The molecule has 0 radical (unpaired) electrons. The molecule has 6 nitrogen and oxygen atoms in total. The Morgan fingerprint density at radius 2 is 2.06 bits per heavy atom. The molecule has 3 rings (SSSR count). The van der Waals surface area contributed by atoms with Crippen LogP contribution in [0.1, 0.15) is 0 Å². The number of pyridine rings is 1. The fraction of sp³-hybridized carbons (Fsp3) is 0. The van der Waals surface area contributed by atoms with E-state index in [1.165, 1.54) is 11.8 Å². The maximum atomic E-state index is 5.41. The molecule has 0 aliphatic rings. The number of hydrazine groups is 1. The lowest BCUT2D eigenvalue weighted by Crippen LogP contribution is -2.10. The van der Waals surface area contributed by atoms with Crippen LogP contribution in [0.5, 0.6) is 0 Å². The van der Waals surface area contributed by atoms with Gasteiger partial charge >= 0.3 is 0 Å². The van der Waals surface area contributed by atoms with E-state index in [0.29, 0.717) is 5.82 Å². The Bertz CT molecular complexity index is 666. The lowest BCUT2D eigenvalue weighted by Gasteiger charge is -2.06. The van der Waals surface area contributed by atoms with Crippen molar-refractivity contribution in [3.8, 4) is 0 Å². The summed E-state index contributed by atoms with van der Waals surface area (Å²) in [7, 11) is 0. The maximum Gasteiger partial charge on any atom is 0.170 e. The van der Waals surface area contributed by atoms with Gasteiger partial charge in [0.1, 0.15) is 5.03 Å². The lowest BCUT2D eigenvalue weighted by molar-refractivity contribution is 1.02. The minimum Gasteiger partial charge on any atom is -0.307 e. The number of nitrogens with two attached hydrogens (primary N) is 1. The highest BCUT2D eigenvalue weighted by Gasteiger charge is 2.08. The zero-order chi connectivity index (χ0) is 12.4. The van der Waals surface area contributed by atoms with Gasteiger partial charge in [-0.15, -0.1) is 0 Å². The topological polar surface area (TPSA) is 81.1 Å². The van der Waals surface area contributed by atoms with Crippen molar-refractivity contribution in [3.05, 3.63) is 43.1 Å². The summed E-state index contributed by atoms with van der Waals surface area (Å²) in [4.78, 5) is 13.7. The van der Waals surface area contributed by atoms with Crippen LogP contribution >= 0.6 is 11.8 Å². The summed E-state index contributed by atoms with van der Waals surface area (Å²) in [5.74, 6) is 6.00. The third-order valence-corrected chi connectivity index (χ3v) is 3.33. The van der Waals surface area contributed by atoms with Crippen LogP contribution in [-0.4, -0.2) is 19.4 Å². The van der Waals surface area contributed by atoms with Crippen LogP contribution in [0, 0.1) is 0 Å². The summed E-state index contributed by atoms with van der Waals surface area (Å²) < 4.78 is 1.88. The summed E-state index contributed by atoms with van der Waals surface area (Å²) >= 11 is 1.52. The molecular formula is C11H10N6S. The fourth-order valence-corrected chi connectivity index (χ4v) is 2.43. The average molecular weight is 258 g/mol. The van der Waals surface area contributed by atoms with Crippen LogP contribution in [0.4, 0.5) is 5.82 Å². The van der Waals surface area contributed by atoms with Crippen LogP contribution in [0.15, 0.2) is 53.0 Å². The van der Waals surface area contributed by atoms with Gasteiger partial charge in [0, 0.05) is 29.7 Å². The van der Waals surface area contributed by atoms with Crippen molar-refractivity contribution >= 4 is 23.2 Å². The van der Waals surface area contributed by atoms with E-state index in [2.05, 4.69) is 20.4 Å². The summed E-state index contributed by atoms with van der Waals surface area (Å²) in [6.45, 7) is 0. The smallest absolute Gasteiger partial charge is 0.170 e. The predicted octanol–water partition coefficient (Wildman–Crippen LogP) is 1.56. The minimum atomic E-state index is 0.594. The highest BCUT2D eigenvalue weighted by Crippen LogP contribution is 2.29. The molecule has 0 aromatic carbocycles. The van der Waals surface area contributed by atoms with Gasteiger partial charge in [-0.25, -0.2) is 15.8 Å². The predicted molar refractivity (Wildman–Crippen MR) is 69.2 cm³/mol. The maximum absolute atomic E-state index is 5.41. The van der Waals surface area contributed by atoms with E-state index < -0.39 is 0 Å². The van der Waals surface area contributed by atoms with Gasteiger partial charge in [-0.2, -0.15) is 0 Å². The molecule has 0 aliphatic carbocycles. The molecule has 0 atom stereocenters. The van der Waals surface area contributed by atoms with E-state index in [0.717, 1.165) is 15.6 Å². The molecule has 3 heterocycles. The standard InChI is InChI=1S/C11H10N6S/c12-16-9-7-17-6-5-14-10(17)11(15-9)18-8-1-3-13-4-2-8/h1-7,16H,12H2. The molecule has 0 saturated heterocycles. The Morgan fingerprint density at radius 1 is 1.22 bits per heavy atom. The number of nitrogens with one attached hydrogen (secondary N) is 1. The number of nitrogen functional groups attached to an aromatic ring is 1. The average Bonchev–Trinajstić information content (AvgIpc) is 2.88. The number of rotatable bonds is 3. The van der Waals surface area contributed by atoms with Crippen molar-refractivity contribution in [1.82, 2.24) is 19.4 Å². The van der Waals surface area contributed by atoms with Crippen molar-refractivity contribution in [2.24, 2.45) is 5.84 Å². The van der Waals surface area contributed by atoms with Crippen LogP contribution in [0.25, 0.3) is 5.65 Å². The number of aromatic nitrogens is 4. The number of nitrogens with zero attached hydrogens (tertiary/aromatic N) is 4. The van der Waals surface area contributed by atoms with Crippen LogP contribution in [-0.2, 0) is 0 Å². The molecule has 3 N–H and O–H groups in total. The molecular weight excluding hydrogens is 248 g/mol. The van der Waals surface area contributed by atoms with E-state index in [4.69, 9.17) is 5.84 Å². The summed E-state index contributed by atoms with van der Waals surface area (Å²) in [6, 6.07) is 3.85.